The minimum atomic E-state index is -0.660. The van der Waals surface area contributed by atoms with E-state index in [0.717, 1.165) is 16.9 Å². The van der Waals surface area contributed by atoms with Gasteiger partial charge in [0.2, 0.25) is 11.8 Å². The van der Waals surface area contributed by atoms with Gasteiger partial charge >= 0.3 is 6.09 Å². The molecule has 0 unspecified atom stereocenters. The number of nitrogens with one attached hydrogen (secondary N) is 3. The van der Waals surface area contributed by atoms with Crippen LogP contribution in [0.4, 0.5) is 10.5 Å². The number of carbonyl (C=O) groups is 3. The van der Waals surface area contributed by atoms with Gasteiger partial charge in [-0.1, -0.05) is 24.3 Å². The summed E-state index contributed by atoms with van der Waals surface area (Å²) >= 11 is 0. The summed E-state index contributed by atoms with van der Waals surface area (Å²) in [7, 11) is 1.60. The van der Waals surface area contributed by atoms with Gasteiger partial charge in [0, 0.05) is 18.3 Å². The molecule has 2 rings (SSSR count). The number of anilines is 1. The predicted molar refractivity (Wildman–Crippen MR) is 123 cm³/mol. The molecule has 170 valence electrons. The van der Waals surface area contributed by atoms with Crippen LogP contribution >= 0.6 is 0 Å². The number of hydrogen-bond donors (Lipinski definition) is 3. The monoisotopic (exact) mass is 439 g/mol. The second-order valence-corrected chi connectivity index (χ2v) is 7.93. The quantitative estimate of drug-likeness (QED) is 0.546. The highest BCUT2D eigenvalue weighted by Gasteiger charge is 2.16. The lowest BCUT2D eigenvalue weighted by Crippen LogP contribution is -2.37. The van der Waals surface area contributed by atoms with Crippen molar-refractivity contribution in [3.8, 4) is 5.75 Å². The van der Waals surface area contributed by atoms with Crippen molar-refractivity contribution >= 4 is 29.7 Å². The Bertz CT molecular complexity index is 962. The first kappa shape index (κ1) is 24.5. The normalized spacial score (nSPS) is 11.0. The Morgan fingerprint density at radius 1 is 1.00 bits per heavy atom. The Morgan fingerprint density at radius 2 is 1.72 bits per heavy atom. The molecule has 0 radical (unpaired) electrons. The predicted octanol–water partition coefficient (Wildman–Crippen LogP) is 3.49. The molecule has 0 aromatic heterocycles. The molecule has 0 bridgehead atoms. The molecule has 0 spiro atoms. The second-order valence-electron chi connectivity index (χ2n) is 7.93. The van der Waals surface area contributed by atoms with E-state index in [1.807, 2.05) is 30.3 Å². The van der Waals surface area contributed by atoms with E-state index in [2.05, 4.69) is 16.0 Å². The number of benzene rings is 2. The Hall–Kier alpha value is -3.81. The van der Waals surface area contributed by atoms with Crippen molar-refractivity contribution < 1.29 is 23.9 Å². The van der Waals surface area contributed by atoms with Crippen LogP contribution < -0.4 is 20.7 Å². The average molecular weight is 440 g/mol. The zero-order valence-corrected chi connectivity index (χ0v) is 18.7. The first-order valence-electron chi connectivity index (χ1n) is 10.1. The van der Waals surface area contributed by atoms with Crippen molar-refractivity contribution in [2.75, 3.05) is 19.0 Å². The van der Waals surface area contributed by atoms with Crippen molar-refractivity contribution in [3.05, 3.63) is 65.7 Å². The van der Waals surface area contributed by atoms with E-state index in [9.17, 15) is 14.4 Å². The Balaban J connectivity index is 1.80. The van der Waals surface area contributed by atoms with Gasteiger partial charge in [0.15, 0.2) is 0 Å². The zero-order valence-electron chi connectivity index (χ0n) is 18.7. The molecule has 0 fully saturated rings. The van der Waals surface area contributed by atoms with Crippen LogP contribution in [0.25, 0.3) is 6.08 Å². The minimum Gasteiger partial charge on any atom is -0.497 e. The smallest absolute Gasteiger partial charge is 0.408 e. The molecular weight excluding hydrogens is 410 g/mol. The third kappa shape index (κ3) is 9.34. The Kier molecular flexibility index (Phi) is 8.83. The first-order chi connectivity index (χ1) is 15.1. The number of hydrogen-bond acceptors (Lipinski definition) is 5. The Morgan fingerprint density at radius 3 is 2.38 bits per heavy atom. The van der Waals surface area contributed by atoms with Crippen molar-refractivity contribution in [1.82, 2.24) is 10.6 Å². The van der Waals surface area contributed by atoms with Crippen LogP contribution in [0.3, 0.4) is 0 Å². The first-order valence-corrected chi connectivity index (χ1v) is 10.1. The highest BCUT2D eigenvalue weighted by Crippen LogP contribution is 2.13. The zero-order chi connectivity index (χ0) is 23.6. The fourth-order valence-electron chi connectivity index (χ4n) is 2.57. The highest BCUT2D eigenvalue weighted by atomic mass is 16.6. The van der Waals surface area contributed by atoms with Gasteiger partial charge in [-0.2, -0.15) is 0 Å². The van der Waals surface area contributed by atoms with Crippen LogP contribution in [0.1, 0.15) is 31.9 Å². The van der Waals surface area contributed by atoms with E-state index in [4.69, 9.17) is 9.47 Å². The molecule has 3 N–H and O–H groups in total. The van der Waals surface area contributed by atoms with E-state index < -0.39 is 11.7 Å². The molecule has 3 amide bonds. The van der Waals surface area contributed by atoms with Crippen LogP contribution in [0.15, 0.2) is 54.6 Å². The summed E-state index contributed by atoms with van der Waals surface area (Å²) in [6, 6.07) is 14.4. The topological polar surface area (TPSA) is 106 Å². The minimum absolute atomic E-state index is 0.216. The van der Waals surface area contributed by atoms with Gasteiger partial charge in [0.25, 0.3) is 0 Å². The maximum Gasteiger partial charge on any atom is 0.408 e. The van der Waals surface area contributed by atoms with E-state index in [1.54, 1.807) is 52.2 Å². The third-order valence-electron chi connectivity index (χ3n) is 4.01. The van der Waals surface area contributed by atoms with E-state index in [-0.39, 0.29) is 18.4 Å². The molecule has 0 aliphatic rings. The summed E-state index contributed by atoms with van der Waals surface area (Å²) in [5, 5.41) is 7.90. The number of ether oxygens (including phenoxy) is 2. The average Bonchev–Trinajstić information content (AvgIpc) is 2.74. The number of carbonyl (C=O) groups excluding carboxylic acids is 3. The van der Waals surface area contributed by atoms with E-state index in [0.29, 0.717) is 12.2 Å². The van der Waals surface area contributed by atoms with Gasteiger partial charge in [-0.05, 0) is 62.2 Å². The summed E-state index contributed by atoms with van der Waals surface area (Å²) in [5.41, 5.74) is 1.62. The Labute approximate surface area is 188 Å². The largest absolute Gasteiger partial charge is 0.497 e. The molecule has 0 saturated carbocycles. The molecule has 8 heteroatoms. The fraction of sp³-hybridized carbons (Fsp3) is 0.292. The molecule has 0 atom stereocenters. The number of methoxy groups -OCH3 is 1. The van der Waals surface area contributed by atoms with E-state index >= 15 is 0 Å². The van der Waals surface area contributed by atoms with Crippen molar-refractivity contribution in [3.63, 3.8) is 0 Å². The van der Waals surface area contributed by atoms with Crippen molar-refractivity contribution in [1.29, 1.82) is 0 Å². The lowest BCUT2D eigenvalue weighted by molar-refractivity contribution is -0.117. The van der Waals surface area contributed by atoms with Crippen LogP contribution in [0.2, 0.25) is 0 Å². The summed E-state index contributed by atoms with van der Waals surface area (Å²) in [5.74, 6) is 0.121. The fourth-order valence-corrected chi connectivity index (χ4v) is 2.57. The molecule has 2 aromatic carbocycles. The molecule has 32 heavy (non-hydrogen) atoms. The van der Waals surface area contributed by atoms with Gasteiger partial charge < -0.3 is 25.4 Å². The number of alkyl carbamates (subject to hydrolysis) is 1. The van der Waals surface area contributed by atoms with Gasteiger partial charge in [0.1, 0.15) is 17.9 Å². The lowest BCUT2D eigenvalue weighted by atomic mass is 10.2. The third-order valence-corrected chi connectivity index (χ3v) is 4.01. The van der Waals surface area contributed by atoms with E-state index in [1.165, 1.54) is 6.08 Å². The van der Waals surface area contributed by atoms with Gasteiger partial charge in [-0.25, -0.2) is 4.79 Å². The van der Waals surface area contributed by atoms with Gasteiger partial charge in [0.05, 0.1) is 7.11 Å². The lowest BCUT2D eigenvalue weighted by Gasteiger charge is -2.19. The van der Waals surface area contributed by atoms with Crippen LogP contribution in [-0.2, 0) is 20.9 Å². The van der Waals surface area contributed by atoms with Crippen LogP contribution in [-0.4, -0.2) is 37.2 Å². The molecule has 8 nitrogen and oxygen atoms in total. The molecule has 0 aliphatic heterocycles. The maximum absolute atomic E-state index is 12.1. The summed E-state index contributed by atoms with van der Waals surface area (Å²) in [6.45, 7) is 5.31. The van der Waals surface area contributed by atoms with Crippen LogP contribution in [0, 0.1) is 0 Å². The SMILES string of the molecule is COc1ccc(/C=C/C(=O)NCc2cccc(NC(=O)CNC(=O)OC(C)(C)C)c2)cc1. The molecule has 0 heterocycles. The molecule has 0 aliphatic carbocycles. The summed E-state index contributed by atoms with van der Waals surface area (Å²) in [4.78, 5) is 35.8. The van der Waals surface area contributed by atoms with Crippen molar-refractivity contribution in [2.45, 2.75) is 32.9 Å². The van der Waals surface area contributed by atoms with Gasteiger partial charge in [-0.3, -0.25) is 9.59 Å². The van der Waals surface area contributed by atoms with Crippen LogP contribution in [0.5, 0.6) is 5.75 Å². The number of amides is 3. The summed E-state index contributed by atoms with van der Waals surface area (Å²) < 4.78 is 10.2. The molecule has 0 saturated heterocycles. The van der Waals surface area contributed by atoms with Gasteiger partial charge in [-0.15, -0.1) is 0 Å². The maximum atomic E-state index is 12.1. The molecule has 2 aromatic rings. The highest BCUT2D eigenvalue weighted by molar-refractivity contribution is 5.94. The van der Waals surface area contributed by atoms with Crippen molar-refractivity contribution in [2.24, 2.45) is 0 Å². The molecular formula is C24H29N3O5. The standard InChI is InChI=1S/C24H29N3O5/c1-24(2,3)32-23(30)26-16-22(29)27-19-7-5-6-18(14-19)15-25-21(28)13-10-17-8-11-20(31-4)12-9-17/h5-14H,15-16H2,1-4H3,(H,25,28)(H,26,30)(H,27,29)/b13-10+. The number of rotatable bonds is 8. The second kappa shape index (κ2) is 11.5. The summed E-state index contributed by atoms with van der Waals surface area (Å²) in [6.07, 6.45) is 2.51.